The molecule has 2 heterocycles. The Morgan fingerprint density at radius 2 is 1.54 bits per heavy atom. The van der Waals surface area contributed by atoms with Gasteiger partial charge < -0.3 is 14.8 Å². The second-order valence-corrected chi connectivity index (χ2v) is 9.92. The van der Waals surface area contributed by atoms with E-state index in [2.05, 4.69) is 9.72 Å². The summed E-state index contributed by atoms with van der Waals surface area (Å²) in [6, 6.07) is 29.5. The molecule has 196 valence electrons. The number of esters is 1. The van der Waals surface area contributed by atoms with Gasteiger partial charge in [0.05, 0.1) is 12.7 Å². The van der Waals surface area contributed by atoms with Gasteiger partial charge in [-0.2, -0.15) is 0 Å². The van der Waals surface area contributed by atoms with Crippen LogP contribution in [-0.2, 0) is 0 Å². The minimum Gasteiger partial charge on any atom is -0.493 e. The molecule has 0 atom stereocenters. The van der Waals surface area contributed by atoms with Gasteiger partial charge in [-0.25, -0.2) is 9.78 Å². The summed E-state index contributed by atoms with van der Waals surface area (Å²) in [5, 5.41) is 3.77. The van der Waals surface area contributed by atoms with Crippen molar-refractivity contribution < 1.29 is 14.3 Å². The van der Waals surface area contributed by atoms with Crippen molar-refractivity contribution in [2.24, 2.45) is 0 Å². The molecule has 1 fully saturated rings. The number of pyridine rings is 1. The van der Waals surface area contributed by atoms with Crippen LogP contribution in [0.5, 0.6) is 11.5 Å². The van der Waals surface area contributed by atoms with Crippen LogP contribution in [0.1, 0.15) is 42.5 Å². The summed E-state index contributed by atoms with van der Waals surface area (Å²) >= 11 is 0. The molecular weight excluding hydrogens is 486 g/mol. The van der Waals surface area contributed by atoms with E-state index < -0.39 is 5.97 Å². The molecule has 0 unspecified atom stereocenters. The molecule has 5 aromatic rings. The molecule has 0 saturated heterocycles. The number of imidazole rings is 1. The number of aromatic nitrogens is 2. The van der Waals surface area contributed by atoms with E-state index >= 15 is 0 Å². The number of ether oxygens (including phenoxy) is 2. The summed E-state index contributed by atoms with van der Waals surface area (Å²) in [6.45, 7) is 0. The largest absolute Gasteiger partial charge is 0.493 e. The fourth-order valence-electron chi connectivity index (χ4n) is 5.26. The van der Waals surface area contributed by atoms with Crippen LogP contribution in [0.4, 0.5) is 5.82 Å². The van der Waals surface area contributed by atoms with Crippen LogP contribution in [-0.4, -0.2) is 28.5 Å². The average Bonchev–Trinajstić information content (AvgIpc) is 3.36. The Balaban J connectivity index is 1.26. The van der Waals surface area contributed by atoms with Crippen molar-refractivity contribution in [1.29, 1.82) is 0 Å². The Kier molecular flexibility index (Phi) is 7.00. The molecule has 1 aliphatic rings. The average molecular weight is 518 g/mol. The van der Waals surface area contributed by atoms with Gasteiger partial charge in [0.15, 0.2) is 11.5 Å². The van der Waals surface area contributed by atoms with Gasteiger partial charge in [0.25, 0.3) is 0 Å². The Labute approximate surface area is 228 Å². The van der Waals surface area contributed by atoms with Crippen molar-refractivity contribution in [2.75, 3.05) is 12.4 Å². The van der Waals surface area contributed by atoms with Gasteiger partial charge in [-0.3, -0.25) is 4.40 Å². The molecule has 1 aliphatic carbocycles. The van der Waals surface area contributed by atoms with Gasteiger partial charge in [0.2, 0.25) is 0 Å². The fraction of sp³-hybridized carbons (Fsp3) is 0.212. The molecule has 0 bridgehead atoms. The van der Waals surface area contributed by atoms with Crippen molar-refractivity contribution in [3.8, 4) is 33.9 Å². The van der Waals surface area contributed by atoms with Gasteiger partial charge in [-0.05, 0) is 66.4 Å². The van der Waals surface area contributed by atoms with E-state index in [9.17, 15) is 4.79 Å². The third kappa shape index (κ3) is 5.23. The predicted molar refractivity (Wildman–Crippen MR) is 155 cm³/mol. The number of nitrogens with zero attached hydrogens (tertiary/aromatic N) is 2. The molecule has 1 N–H and O–H groups in total. The van der Waals surface area contributed by atoms with Gasteiger partial charge in [0.1, 0.15) is 17.2 Å². The van der Waals surface area contributed by atoms with Crippen LogP contribution in [0.25, 0.3) is 28.0 Å². The zero-order valence-corrected chi connectivity index (χ0v) is 22.0. The SMILES string of the molecule is COc1cc(-c2nc3ccccn3c2NC2CCCCC2)ccc1OC(=O)c1ccc(-c2ccccc2)cc1. The van der Waals surface area contributed by atoms with Crippen LogP contribution in [0.3, 0.4) is 0 Å². The lowest BCUT2D eigenvalue weighted by Gasteiger charge is -2.24. The molecule has 6 nitrogen and oxygen atoms in total. The highest BCUT2D eigenvalue weighted by Gasteiger charge is 2.21. The van der Waals surface area contributed by atoms with Crippen LogP contribution >= 0.6 is 0 Å². The van der Waals surface area contributed by atoms with Gasteiger partial charge in [-0.1, -0.05) is 67.8 Å². The number of anilines is 1. The Morgan fingerprint density at radius 1 is 0.821 bits per heavy atom. The lowest BCUT2D eigenvalue weighted by atomic mass is 9.95. The van der Waals surface area contributed by atoms with Crippen molar-refractivity contribution in [3.05, 3.63) is 103 Å². The lowest BCUT2D eigenvalue weighted by Crippen LogP contribution is -2.23. The number of rotatable bonds is 7. The zero-order valence-electron chi connectivity index (χ0n) is 22.0. The maximum absolute atomic E-state index is 13.0. The first-order valence-electron chi connectivity index (χ1n) is 13.5. The second kappa shape index (κ2) is 11.0. The number of fused-ring (bicyclic) bond motifs is 1. The summed E-state index contributed by atoms with van der Waals surface area (Å²) in [5.41, 5.74) is 5.22. The molecule has 0 radical (unpaired) electrons. The minimum atomic E-state index is -0.437. The van der Waals surface area contributed by atoms with E-state index in [0.717, 1.165) is 46.7 Å². The van der Waals surface area contributed by atoms with Crippen molar-refractivity contribution in [3.63, 3.8) is 0 Å². The van der Waals surface area contributed by atoms with Crippen molar-refractivity contribution >= 4 is 17.4 Å². The van der Waals surface area contributed by atoms with E-state index in [-0.39, 0.29) is 0 Å². The number of benzene rings is 3. The van der Waals surface area contributed by atoms with Crippen LogP contribution in [0.2, 0.25) is 0 Å². The van der Waals surface area contributed by atoms with E-state index in [1.165, 1.54) is 19.3 Å². The highest BCUT2D eigenvalue weighted by molar-refractivity contribution is 5.92. The van der Waals surface area contributed by atoms with E-state index in [4.69, 9.17) is 14.5 Å². The summed E-state index contributed by atoms with van der Waals surface area (Å²) < 4.78 is 13.5. The third-order valence-electron chi connectivity index (χ3n) is 7.34. The zero-order chi connectivity index (χ0) is 26.6. The van der Waals surface area contributed by atoms with Crippen molar-refractivity contribution in [2.45, 2.75) is 38.1 Å². The van der Waals surface area contributed by atoms with Gasteiger partial charge >= 0.3 is 5.97 Å². The predicted octanol–water partition coefficient (Wildman–Crippen LogP) is 7.64. The number of methoxy groups -OCH3 is 1. The van der Waals surface area contributed by atoms with E-state index in [1.54, 1.807) is 25.3 Å². The minimum absolute atomic E-state index is 0.365. The maximum atomic E-state index is 13.0. The topological polar surface area (TPSA) is 64.9 Å². The molecule has 0 amide bonds. The first-order chi connectivity index (χ1) is 19.2. The summed E-state index contributed by atoms with van der Waals surface area (Å²) in [4.78, 5) is 17.9. The quantitative estimate of drug-likeness (QED) is 0.178. The van der Waals surface area contributed by atoms with Crippen LogP contribution in [0.15, 0.2) is 97.2 Å². The van der Waals surface area contributed by atoms with Gasteiger partial charge in [0, 0.05) is 17.8 Å². The highest BCUT2D eigenvalue weighted by atomic mass is 16.6. The fourth-order valence-corrected chi connectivity index (χ4v) is 5.26. The lowest BCUT2D eigenvalue weighted by molar-refractivity contribution is 0.0730. The second-order valence-electron chi connectivity index (χ2n) is 9.92. The molecular formula is C33H31N3O3. The monoisotopic (exact) mass is 517 g/mol. The molecule has 39 heavy (non-hydrogen) atoms. The molecule has 6 rings (SSSR count). The molecule has 2 aromatic heterocycles. The van der Waals surface area contributed by atoms with E-state index in [1.807, 2.05) is 79.0 Å². The first kappa shape index (κ1) is 24.7. The number of carbonyl (C=O) groups excluding carboxylic acids is 1. The van der Waals surface area contributed by atoms with Crippen molar-refractivity contribution in [1.82, 2.24) is 9.38 Å². The van der Waals surface area contributed by atoms with Gasteiger partial charge in [-0.15, -0.1) is 0 Å². The highest BCUT2D eigenvalue weighted by Crippen LogP contribution is 2.37. The number of nitrogens with one attached hydrogen (secondary N) is 1. The molecule has 3 aromatic carbocycles. The third-order valence-corrected chi connectivity index (χ3v) is 7.34. The standard InChI is InChI=1S/C33H31N3O3/c1-38-29-22-26(31-32(34-27-12-6-3-7-13-27)36-21-9-8-14-30(36)35-31)19-20-28(29)39-33(37)25-17-15-24(16-18-25)23-10-4-2-5-11-23/h2,4-5,8-11,14-22,27,34H,3,6-7,12-13H2,1H3. The number of hydrogen-bond acceptors (Lipinski definition) is 5. The van der Waals surface area contributed by atoms with Crippen LogP contribution in [0, 0.1) is 0 Å². The number of hydrogen-bond donors (Lipinski definition) is 1. The Hall–Kier alpha value is -4.58. The smallest absolute Gasteiger partial charge is 0.343 e. The molecule has 6 heteroatoms. The molecule has 0 spiro atoms. The van der Waals surface area contributed by atoms with Crippen LogP contribution < -0.4 is 14.8 Å². The number of carbonyl (C=O) groups is 1. The Bertz CT molecular complexity index is 1590. The molecule has 1 saturated carbocycles. The summed E-state index contributed by atoms with van der Waals surface area (Å²) in [5.74, 6) is 1.38. The maximum Gasteiger partial charge on any atom is 0.343 e. The molecule has 0 aliphatic heterocycles. The van der Waals surface area contributed by atoms with E-state index in [0.29, 0.717) is 23.1 Å². The summed E-state index contributed by atoms with van der Waals surface area (Å²) in [6.07, 6.45) is 8.13. The first-order valence-corrected chi connectivity index (χ1v) is 13.5. The Morgan fingerprint density at radius 3 is 2.31 bits per heavy atom. The normalized spacial score (nSPS) is 13.8. The summed E-state index contributed by atoms with van der Waals surface area (Å²) in [7, 11) is 1.58.